The summed E-state index contributed by atoms with van der Waals surface area (Å²) in [7, 11) is 0. The zero-order valence-electron chi connectivity index (χ0n) is 11.7. The van der Waals surface area contributed by atoms with Crippen molar-refractivity contribution in [1.29, 1.82) is 0 Å². The monoisotopic (exact) mass is 258 g/mol. The third-order valence-electron chi connectivity index (χ3n) is 3.22. The SMILES string of the molecule is CC(C)Cc1c(N)noc1CCCc1ccccc1. The van der Waals surface area contributed by atoms with E-state index in [1.807, 2.05) is 6.07 Å². The summed E-state index contributed by atoms with van der Waals surface area (Å²) in [5.41, 5.74) is 8.33. The van der Waals surface area contributed by atoms with Crippen LogP contribution in [0, 0.1) is 5.92 Å². The second kappa shape index (κ2) is 6.41. The number of anilines is 1. The van der Waals surface area contributed by atoms with E-state index in [-0.39, 0.29) is 0 Å². The average molecular weight is 258 g/mol. The maximum Gasteiger partial charge on any atom is 0.170 e. The zero-order chi connectivity index (χ0) is 13.7. The number of nitrogens with two attached hydrogens (primary N) is 1. The first-order chi connectivity index (χ1) is 9.16. The van der Waals surface area contributed by atoms with Crippen molar-refractivity contribution in [3.8, 4) is 0 Å². The summed E-state index contributed by atoms with van der Waals surface area (Å²) < 4.78 is 5.36. The van der Waals surface area contributed by atoms with Crippen LogP contribution in [-0.4, -0.2) is 5.16 Å². The average Bonchev–Trinajstić information content (AvgIpc) is 2.72. The number of nitrogens with zero attached hydrogens (tertiary/aromatic N) is 1. The third-order valence-corrected chi connectivity index (χ3v) is 3.22. The van der Waals surface area contributed by atoms with Crippen LogP contribution in [0.5, 0.6) is 0 Å². The summed E-state index contributed by atoms with van der Waals surface area (Å²) in [6.07, 6.45) is 3.96. The van der Waals surface area contributed by atoms with E-state index in [0.29, 0.717) is 11.7 Å². The van der Waals surface area contributed by atoms with Crippen LogP contribution in [-0.2, 0) is 19.3 Å². The summed E-state index contributed by atoms with van der Waals surface area (Å²) in [5.74, 6) is 2.08. The lowest BCUT2D eigenvalue weighted by Gasteiger charge is -2.05. The molecule has 0 fully saturated rings. The largest absolute Gasteiger partial charge is 0.381 e. The van der Waals surface area contributed by atoms with E-state index in [1.165, 1.54) is 5.56 Å². The lowest BCUT2D eigenvalue weighted by molar-refractivity contribution is 0.380. The van der Waals surface area contributed by atoms with Crippen molar-refractivity contribution in [3.05, 3.63) is 47.2 Å². The Morgan fingerprint density at radius 2 is 1.89 bits per heavy atom. The number of aryl methyl sites for hydroxylation is 2. The van der Waals surface area contributed by atoms with Gasteiger partial charge in [0.1, 0.15) is 5.76 Å². The van der Waals surface area contributed by atoms with Gasteiger partial charge in [-0.2, -0.15) is 0 Å². The summed E-state index contributed by atoms with van der Waals surface area (Å²) in [6.45, 7) is 4.36. The number of benzene rings is 1. The molecule has 3 heteroatoms. The highest BCUT2D eigenvalue weighted by Gasteiger charge is 2.14. The molecule has 0 atom stereocenters. The van der Waals surface area contributed by atoms with E-state index in [9.17, 15) is 0 Å². The molecule has 0 saturated carbocycles. The first-order valence-corrected chi connectivity index (χ1v) is 6.93. The molecule has 0 unspecified atom stereocenters. The molecule has 0 aliphatic carbocycles. The van der Waals surface area contributed by atoms with Gasteiger partial charge in [0.15, 0.2) is 5.82 Å². The Morgan fingerprint density at radius 1 is 1.16 bits per heavy atom. The quantitative estimate of drug-likeness (QED) is 0.860. The number of hydrogen-bond acceptors (Lipinski definition) is 3. The Balaban J connectivity index is 1.92. The Labute approximate surface area is 114 Å². The highest BCUT2D eigenvalue weighted by molar-refractivity contribution is 5.40. The molecule has 0 aliphatic heterocycles. The predicted octanol–water partition coefficient (Wildman–Crippen LogP) is 3.63. The predicted molar refractivity (Wildman–Crippen MR) is 77.9 cm³/mol. The minimum atomic E-state index is 0.559. The van der Waals surface area contributed by atoms with Gasteiger partial charge in [-0.25, -0.2) is 0 Å². The molecule has 1 aromatic heterocycles. The van der Waals surface area contributed by atoms with Crippen molar-refractivity contribution in [1.82, 2.24) is 5.16 Å². The molecule has 3 nitrogen and oxygen atoms in total. The molecule has 1 heterocycles. The van der Waals surface area contributed by atoms with Gasteiger partial charge in [-0.1, -0.05) is 49.3 Å². The van der Waals surface area contributed by atoms with E-state index < -0.39 is 0 Å². The van der Waals surface area contributed by atoms with Gasteiger partial charge in [-0.3, -0.25) is 0 Å². The van der Waals surface area contributed by atoms with Crippen LogP contribution in [0.3, 0.4) is 0 Å². The van der Waals surface area contributed by atoms with Crippen molar-refractivity contribution in [3.63, 3.8) is 0 Å². The summed E-state index contributed by atoms with van der Waals surface area (Å²) in [4.78, 5) is 0. The molecule has 0 amide bonds. The van der Waals surface area contributed by atoms with Gasteiger partial charge < -0.3 is 10.3 Å². The molecule has 2 aromatic rings. The van der Waals surface area contributed by atoms with Crippen molar-refractivity contribution < 1.29 is 4.52 Å². The van der Waals surface area contributed by atoms with Crippen molar-refractivity contribution in [2.75, 3.05) is 5.73 Å². The van der Waals surface area contributed by atoms with Crippen molar-refractivity contribution in [2.24, 2.45) is 5.92 Å². The Kier molecular flexibility index (Phi) is 4.61. The summed E-state index contributed by atoms with van der Waals surface area (Å²) in [5, 5.41) is 3.90. The van der Waals surface area contributed by atoms with Crippen LogP contribution in [0.15, 0.2) is 34.9 Å². The molecule has 102 valence electrons. The van der Waals surface area contributed by atoms with Crippen molar-refractivity contribution in [2.45, 2.75) is 39.5 Å². The fourth-order valence-electron chi connectivity index (χ4n) is 2.28. The van der Waals surface area contributed by atoms with Crippen molar-refractivity contribution >= 4 is 5.82 Å². The summed E-state index contributed by atoms with van der Waals surface area (Å²) in [6, 6.07) is 10.5. The Morgan fingerprint density at radius 3 is 2.58 bits per heavy atom. The van der Waals surface area contributed by atoms with Gasteiger partial charge >= 0.3 is 0 Å². The topological polar surface area (TPSA) is 52.0 Å². The minimum absolute atomic E-state index is 0.559. The highest BCUT2D eigenvalue weighted by atomic mass is 16.5. The standard InChI is InChI=1S/C16H22N2O/c1-12(2)11-14-15(19-18-16(14)17)10-6-9-13-7-4-3-5-8-13/h3-5,7-8,12H,6,9-11H2,1-2H3,(H2,17,18). The molecular formula is C16H22N2O. The first-order valence-electron chi connectivity index (χ1n) is 6.93. The molecule has 0 saturated heterocycles. The Hall–Kier alpha value is -1.77. The van der Waals surface area contributed by atoms with Crippen LogP contribution >= 0.6 is 0 Å². The van der Waals surface area contributed by atoms with Gasteiger partial charge in [-0.05, 0) is 30.7 Å². The highest BCUT2D eigenvalue weighted by Crippen LogP contribution is 2.22. The molecule has 0 aliphatic rings. The number of hydrogen-bond donors (Lipinski definition) is 1. The molecule has 0 bridgehead atoms. The number of rotatable bonds is 6. The molecule has 2 rings (SSSR count). The number of aromatic nitrogens is 1. The Bertz CT molecular complexity index is 503. The first kappa shape index (κ1) is 13.7. The fourth-order valence-corrected chi connectivity index (χ4v) is 2.28. The van der Waals surface area contributed by atoms with E-state index in [0.717, 1.165) is 37.0 Å². The molecule has 0 radical (unpaired) electrons. The van der Waals surface area contributed by atoms with Gasteiger partial charge in [0.2, 0.25) is 0 Å². The van der Waals surface area contributed by atoms with Gasteiger partial charge in [-0.15, -0.1) is 0 Å². The second-order valence-electron chi connectivity index (χ2n) is 5.41. The third kappa shape index (κ3) is 3.85. The minimum Gasteiger partial charge on any atom is -0.381 e. The van der Waals surface area contributed by atoms with E-state index >= 15 is 0 Å². The van der Waals surface area contributed by atoms with Gasteiger partial charge in [0.05, 0.1) is 0 Å². The van der Waals surface area contributed by atoms with Crippen LogP contribution in [0.25, 0.3) is 0 Å². The number of nitrogen functional groups attached to an aromatic ring is 1. The fraction of sp³-hybridized carbons (Fsp3) is 0.438. The zero-order valence-corrected chi connectivity index (χ0v) is 11.7. The molecule has 19 heavy (non-hydrogen) atoms. The maximum atomic E-state index is 5.87. The molecule has 0 spiro atoms. The lowest BCUT2D eigenvalue weighted by atomic mass is 10.00. The molecule has 1 aromatic carbocycles. The molecule has 2 N–H and O–H groups in total. The van der Waals surface area contributed by atoms with Crippen LogP contribution in [0.2, 0.25) is 0 Å². The maximum absolute atomic E-state index is 5.87. The van der Waals surface area contributed by atoms with Gasteiger partial charge in [0, 0.05) is 12.0 Å². The lowest BCUT2D eigenvalue weighted by Crippen LogP contribution is -2.01. The smallest absolute Gasteiger partial charge is 0.170 e. The van der Waals surface area contributed by atoms with Crippen LogP contribution < -0.4 is 5.73 Å². The van der Waals surface area contributed by atoms with E-state index in [1.54, 1.807) is 0 Å². The second-order valence-corrected chi connectivity index (χ2v) is 5.41. The normalized spacial score (nSPS) is 11.1. The van der Waals surface area contributed by atoms with E-state index in [4.69, 9.17) is 10.3 Å². The summed E-state index contributed by atoms with van der Waals surface area (Å²) >= 11 is 0. The molecular weight excluding hydrogens is 236 g/mol. The van der Waals surface area contributed by atoms with Gasteiger partial charge in [0.25, 0.3) is 0 Å². The van der Waals surface area contributed by atoms with E-state index in [2.05, 4.69) is 43.3 Å². The van der Waals surface area contributed by atoms with Crippen LogP contribution in [0.4, 0.5) is 5.82 Å². The van der Waals surface area contributed by atoms with Crippen LogP contribution in [0.1, 0.15) is 37.2 Å².